The smallest absolute Gasteiger partial charge is 0.264 e. The summed E-state index contributed by atoms with van der Waals surface area (Å²) in [5.41, 5.74) is 3.25. The molecule has 0 fully saturated rings. The van der Waals surface area contributed by atoms with Crippen LogP contribution in [0.1, 0.15) is 0 Å². The molecule has 0 atom stereocenters. The number of hydrogen-bond acceptors (Lipinski definition) is 6. The second-order valence-electron chi connectivity index (χ2n) is 6.70. The van der Waals surface area contributed by atoms with Crippen molar-refractivity contribution in [3.8, 4) is 17.1 Å². The number of rotatable bonds is 3. The monoisotopic (exact) mass is 383 g/mol. The highest BCUT2D eigenvalue weighted by atomic mass is 16.5. The molecule has 0 aliphatic carbocycles. The largest absolute Gasteiger partial charge is 0.482 e. The molecule has 7 heteroatoms. The van der Waals surface area contributed by atoms with Gasteiger partial charge in [-0.15, -0.1) is 0 Å². The Bertz CT molecular complexity index is 1230. The van der Waals surface area contributed by atoms with Crippen molar-refractivity contribution in [2.75, 3.05) is 23.9 Å². The summed E-state index contributed by atoms with van der Waals surface area (Å²) in [5.74, 6) is 1.90. The Labute approximate surface area is 167 Å². The summed E-state index contributed by atoms with van der Waals surface area (Å²) in [7, 11) is 1.75. The van der Waals surface area contributed by atoms with Crippen LogP contribution in [-0.2, 0) is 4.79 Å². The Morgan fingerprint density at radius 1 is 1.03 bits per heavy atom. The quantitative estimate of drug-likeness (QED) is 0.580. The lowest BCUT2D eigenvalue weighted by Gasteiger charge is -2.26. The fraction of sp³-hybridized carbons (Fsp3) is 0.0909. The predicted molar refractivity (Wildman–Crippen MR) is 111 cm³/mol. The molecule has 0 radical (unpaired) electrons. The lowest BCUT2D eigenvalue weighted by Crippen LogP contribution is -2.35. The minimum absolute atomic E-state index is 0.0577. The number of carbonyl (C=O) groups excluding carboxylic acids is 1. The topological polar surface area (TPSA) is 80.2 Å². The summed E-state index contributed by atoms with van der Waals surface area (Å²) in [6.07, 6.45) is 3.44. The van der Waals surface area contributed by atoms with Gasteiger partial charge in [-0.2, -0.15) is 0 Å². The number of para-hydroxylation sites is 1. The first-order valence-corrected chi connectivity index (χ1v) is 9.17. The number of fused-ring (bicyclic) bond motifs is 2. The van der Waals surface area contributed by atoms with Crippen LogP contribution in [0, 0.1) is 0 Å². The van der Waals surface area contributed by atoms with E-state index in [0.717, 1.165) is 27.8 Å². The zero-order valence-corrected chi connectivity index (χ0v) is 15.7. The number of carbonyl (C=O) groups is 1. The Kier molecular flexibility index (Phi) is 4.05. The molecule has 142 valence electrons. The lowest BCUT2D eigenvalue weighted by atomic mass is 10.2. The standard InChI is InChI=1S/C22H17N5O2/c1-27-18-12-15(6-7-19(18)29-13-20(27)28)24-22-16-4-2-3-5-17(16)25-21(26-22)14-8-10-23-11-9-14/h2-12H,13H2,1H3,(H,24,25,26). The molecule has 4 aromatic rings. The van der Waals surface area contributed by atoms with E-state index in [9.17, 15) is 4.79 Å². The third-order valence-electron chi connectivity index (χ3n) is 4.85. The number of ether oxygens (including phenoxy) is 1. The number of nitrogens with zero attached hydrogens (tertiary/aromatic N) is 4. The van der Waals surface area contributed by atoms with Gasteiger partial charge in [0, 0.05) is 36.1 Å². The Morgan fingerprint density at radius 3 is 2.72 bits per heavy atom. The molecule has 0 spiro atoms. The zero-order valence-electron chi connectivity index (χ0n) is 15.7. The third-order valence-corrected chi connectivity index (χ3v) is 4.85. The summed E-state index contributed by atoms with van der Waals surface area (Å²) in [6, 6.07) is 17.2. The molecule has 2 aromatic heterocycles. The molecule has 0 saturated heterocycles. The van der Waals surface area contributed by atoms with Crippen molar-refractivity contribution >= 4 is 34.0 Å². The summed E-state index contributed by atoms with van der Waals surface area (Å²) in [6.45, 7) is 0.0577. The average molecular weight is 383 g/mol. The molecule has 0 unspecified atom stereocenters. The zero-order chi connectivity index (χ0) is 19.8. The minimum Gasteiger partial charge on any atom is -0.482 e. The van der Waals surface area contributed by atoms with Gasteiger partial charge in [0.25, 0.3) is 5.91 Å². The first kappa shape index (κ1) is 17.1. The van der Waals surface area contributed by atoms with Gasteiger partial charge in [0.1, 0.15) is 11.6 Å². The van der Waals surface area contributed by atoms with Crippen LogP contribution >= 0.6 is 0 Å². The van der Waals surface area contributed by atoms with Crippen molar-refractivity contribution in [3.63, 3.8) is 0 Å². The number of amides is 1. The van der Waals surface area contributed by atoms with Gasteiger partial charge < -0.3 is 15.0 Å². The molecule has 0 saturated carbocycles. The van der Waals surface area contributed by atoms with Crippen molar-refractivity contribution in [2.24, 2.45) is 0 Å². The van der Waals surface area contributed by atoms with E-state index in [1.807, 2.05) is 54.6 Å². The number of anilines is 3. The molecule has 5 rings (SSSR count). The SMILES string of the molecule is CN1C(=O)COc2ccc(Nc3nc(-c4ccncc4)nc4ccccc34)cc21. The van der Waals surface area contributed by atoms with Crippen molar-refractivity contribution in [1.29, 1.82) is 0 Å². The molecular weight excluding hydrogens is 366 g/mol. The maximum atomic E-state index is 12.0. The van der Waals surface area contributed by atoms with E-state index < -0.39 is 0 Å². The molecule has 1 aliphatic heterocycles. The summed E-state index contributed by atoms with van der Waals surface area (Å²) in [5, 5.41) is 4.29. The van der Waals surface area contributed by atoms with Gasteiger partial charge in [0.05, 0.1) is 11.2 Å². The van der Waals surface area contributed by atoms with Gasteiger partial charge in [-0.3, -0.25) is 9.78 Å². The third kappa shape index (κ3) is 3.12. The fourth-order valence-electron chi connectivity index (χ4n) is 3.29. The van der Waals surface area contributed by atoms with E-state index >= 15 is 0 Å². The predicted octanol–water partition coefficient (Wildman–Crippen LogP) is 3.79. The number of pyridine rings is 1. The Morgan fingerprint density at radius 2 is 1.86 bits per heavy atom. The molecular formula is C22H17N5O2. The van der Waals surface area contributed by atoms with E-state index in [1.165, 1.54) is 0 Å². The highest BCUT2D eigenvalue weighted by Crippen LogP contribution is 2.35. The molecule has 7 nitrogen and oxygen atoms in total. The maximum absolute atomic E-state index is 12.0. The van der Waals surface area contributed by atoms with Gasteiger partial charge in [0.15, 0.2) is 12.4 Å². The molecule has 3 heterocycles. The van der Waals surface area contributed by atoms with Gasteiger partial charge >= 0.3 is 0 Å². The first-order chi connectivity index (χ1) is 14.2. The number of aromatic nitrogens is 3. The van der Waals surface area contributed by atoms with Crippen molar-refractivity contribution < 1.29 is 9.53 Å². The van der Waals surface area contributed by atoms with Gasteiger partial charge in [0.2, 0.25) is 0 Å². The van der Waals surface area contributed by atoms with E-state index in [0.29, 0.717) is 17.4 Å². The summed E-state index contributed by atoms with van der Waals surface area (Å²) < 4.78 is 5.51. The Balaban J connectivity index is 1.59. The van der Waals surface area contributed by atoms with Gasteiger partial charge in [-0.1, -0.05) is 12.1 Å². The van der Waals surface area contributed by atoms with Crippen LogP contribution in [-0.4, -0.2) is 34.5 Å². The molecule has 2 aromatic carbocycles. The molecule has 1 N–H and O–H groups in total. The summed E-state index contributed by atoms with van der Waals surface area (Å²) in [4.78, 5) is 27.1. The van der Waals surface area contributed by atoms with Crippen LogP contribution in [0.25, 0.3) is 22.3 Å². The molecule has 1 aliphatic rings. The second kappa shape index (κ2) is 6.87. The minimum atomic E-state index is -0.0814. The average Bonchev–Trinajstić information content (AvgIpc) is 2.77. The van der Waals surface area contributed by atoms with Gasteiger partial charge in [-0.05, 0) is 42.5 Å². The van der Waals surface area contributed by atoms with Crippen LogP contribution in [0.5, 0.6) is 5.75 Å². The highest BCUT2D eigenvalue weighted by Gasteiger charge is 2.22. The fourth-order valence-corrected chi connectivity index (χ4v) is 3.29. The van der Waals surface area contributed by atoms with Crippen LogP contribution in [0.15, 0.2) is 67.0 Å². The van der Waals surface area contributed by atoms with E-state index in [4.69, 9.17) is 9.72 Å². The van der Waals surface area contributed by atoms with Crippen molar-refractivity contribution in [3.05, 3.63) is 67.0 Å². The molecule has 1 amide bonds. The number of hydrogen-bond donors (Lipinski definition) is 1. The summed E-state index contributed by atoms with van der Waals surface area (Å²) >= 11 is 0. The number of likely N-dealkylation sites (N-methyl/N-ethyl adjacent to an activating group) is 1. The van der Waals surface area contributed by atoms with E-state index in [-0.39, 0.29) is 12.5 Å². The number of nitrogens with one attached hydrogen (secondary N) is 1. The Hall–Kier alpha value is -4.00. The van der Waals surface area contributed by atoms with Gasteiger partial charge in [-0.25, -0.2) is 9.97 Å². The van der Waals surface area contributed by atoms with E-state index in [1.54, 1.807) is 24.3 Å². The van der Waals surface area contributed by atoms with Crippen LogP contribution in [0.4, 0.5) is 17.2 Å². The van der Waals surface area contributed by atoms with Crippen LogP contribution in [0.3, 0.4) is 0 Å². The van der Waals surface area contributed by atoms with Crippen molar-refractivity contribution in [1.82, 2.24) is 15.0 Å². The van der Waals surface area contributed by atoms with Crippen molar-refractivity contribution in [2.45, 2.75) is 0 Å². The second-order valence-corrected chi connectivity index (χ2v) is 6.70. The highest BCUT2D eigenvalue weighted by molar-refractivity contribution is 5.98. The maximum Gasteiger partial charge on any atom is 0.264 e. The van der Waals surface area contributed by atoms with Crippen LogP contribution < -0.4 is 15.0 Å². The normalized spacial score (nSPS) is 13.1. The molecule has 29 heavy (non-hydrogen) atoms. The van der Waals surface area contributed by atoms with Crippen LogP contribution in [0.2, 0.25) is 0 Å². The van der Waals surface area contributed by atoms with E-state index in [2.05, 4.69) is 15.3 Å². The first-order valence-electron chi connectivity index (χ1n) is 9.17. The lowest BCUT2D eigenvalue weighted by molar-refractivity contribution is -0.120. The number of benzene rings is 2. The molecule has 0 bridgehead atoms.